The molecule has 19 heavy (non-hydrogen) atoms. The van der Waals surface area contributed by atoms with Crippen molar-refractivity contribution in [3.05, 3.63) is 22.7 Å². The first kappa shape index (κ1) is 14.5. The van der Waals surface area contributed by atoms with Crippen LogP contribution in [-0.4, -0.2) is 33.9 Å². The second-order valence-corrected chi connectivity index (χ2v) is 6.95. The Morgan fingerprint density at radius 2 is 2.00 bits per heavy atom. The third kappa shape index (κ3) is 3.79. The summed E-state index contributed by atoms with van der Waals surface area (Å²) >= 11 is 3.32. The molecular weight excluding hydrogens is 328 g/mol. The van der Waals surface area contributed by atoms with Crippen molar-refractivity contribution in [2.75, 3.05) is 24.6 Å². The molecule has 1 atom stereocenters. The summed E-state index contributed by atoms with van der Waals surface area (Å²) in [5.41, 5.74) is 6.27. The summed E-state index contributed by atoms with van der Waals surface area (Å²) in [5.74, 6) is -0.0295. The third-order valence-corrected chi connectivity index (χ3v) is 5.03. The normalized spacial score (nSPS) is 17.2. The van der Waals surface area contributed by atoms with Crippen LogP contribution >= 0.6 is 15.9 Å². The van der Waals surface area contributed by atoms with Gasteiger partial charge in [0.2, 0.25) is 5.91 Å². The zero-order chi connectivity index (χ0) is 13.8. The van der Waals surface area contributed by atoms with Gasteiger partial charge in [-0.3, -0.25) is 9.00 Å². The SMILES string of the molecule is Nc1ccc(Br)cc1S(=O)CC(=O)N1CCCCC1. The second-order valence-electron chi connectivity index (χ2n) is 4.61. The van der Waals surface area contributed by atoms with Gasteiger partial charge in [0.25, 0.3) is 0 Å². The predicted octanol–water partition coefficient (Wildman–Crippen LogP) is 2.15. The Bertz CT molecular complexity index is 501. The number of amides is 1. The number of likely N-dealkylation sites (tertiary alicyclic amines) is 1. The number of benzene rings is 1. The largest absolute Gasteiger partial charge is 0.398 e. The van der Waals surface area contributed by atoms with Crippen LogP contribution in [-0.2, 0) is 15.6 Å². The van der Waals surface area contributed by atoms with Crippen LogP contribution in [0.2, 0.25) is 0 Å². The number of hydrogen-bond acceptors (Lipinski definition) is 3. The third-order valence-electron chi connectivity index (χ3n) is 3.18. The number of nitrogens with two attached hydrogens (primary N) is 1. The van der Waals surface area contributed by atoms with Gasteiger partial charge in [-0.25, -0.2) is 0 Å². The number of piperidine rings is 1. The summed E-state index contributed by atoms with van der Waals surface area (Å²) < 4.78 is 13.0. The van der Waals surface area contributed by atoms with Crippen LogP contribution < -0.4 is 5.73 Å². The number of nitrogen functional groups attached to an aromatic ring is 1. The van der Waals surface area contributed by atoms with E-state index in [4.69, 9.17) is 5.73 Å². The highest BCUT2D eigenvalue weighted by Crippen LogP contribution is 2.22. The van der Waals surface area contributed by atoms with E-state index in [0.717, 1.165) is 30.4 Å². The van der Waals surface area contributed by atoms with Crippen LogP contribution in [0.15, 0.2) is 27.6 Å². The highest BCUT2D eigenvalue weighted by atomic mass is 79.9. The summed E-state index contributed by atoms with van der Waals surface area (Å²) in [4.78, 5) is 14.4. The zero-order valence-electron chi connectivity index (χ0n) is 10.6. The van der Waals surface area contributed by atoms with Gasteiger partial charge in [-0.05, 0) is 37.5 Å². The van der Waals surface area contributed by atoms with Crippen LogP contribution in [0.25, 0.3) is 0 Å². The summed E-state index contributed by atoms with van der Waals surface area (Å²) in [6, 6.07) is 5.21. The maximum Gasteiger partial charge on any atom is 0.235 e. The van der Waals surface area contributed by atoms with Crippen molar-refractivity contribution in [2.24, 2.45) is 0 Å². The molecule has 0 saturated carbocycles. The van der Waals surface area contributed by atoms with Gasteiger partial charge in [-0.1, -0.05) is 15.9 Å². The Hall–Kier alpha value is -0.880. The molecule has 6 heteroatoms. The molecule has 0 spiro atoms. The first-order valence-electron chi connectivity index (χ1n) is 6.29. The van der Waals surface area contributed by atoms with Crippen LogP contribution in [0.4, 0.5) is 5.69 Å². The number of hydrogen-bond donors (Lipinski definition) is 1. The Balaban J connectivity index is 2.04. The molecule has 1 aliphatic heterocycles. The molecule has 1 aromatic rings. The fourth-order valence-electron chi connectivity index (χ4n) is 2.13. The molecule has 0 aromatic heterocycles. The fourth-order valence-corrected chi connectivity index (χ4v) is 3.79. The van der Waals surface area contributed by atoms with Gasteiger partial charge in [0.15, 0.2) is 0 Å². The maximum absolute atomic E-state index is 12.2. The van der Waals surface area contributed by atoms with Crippen molar-refractivity contribution in [3.8, 4) is 0 Å². The van der Waals surface area contributed by atoms with Crippen molar-refractivity contribution in [1.29, 1.82) is 0 Å². The molecule has 2 N–H and O–H groups in total. The molecule has 1 unspecified atom stereocenters. The van der Waals surface area contributed by atoms with Gasteiger partial charge < -0.3 is 10.6 Å². The first-order valence-corrected chi connectivity index (χ1v) is 8.40. The minimum Gasteiger partial charge on any atom is -0.398 e. The second kappa shape index (κ2) is 6.52. The molecule has 0 bridgehead atoms. The molecular formula is C13H17BrN2O2S. The lowest BCUT2D eigenvalue weighted by Gasteiger charge is -2.26. The highest BCUT2D eigenvalue weighted by Gasteiger charge is 2.20. The monoisotopic (exact) mass is 344 g/mol. The number of nitrogens with zero attached hydrogens (tertiary/aromatic N) is 1. The minimum absolute atomic E-state index is 0.0145. The molecule has 1 aromatic carbocycles. The van der Waals surface area contributed by atoms with Crippen molar-refractivity contribution in [1.82, 2.24) is 4.90 Å². The Kier molecular flexibility index (Phi) is 4.99. The number of halogens is 1. The molecule has 1 saturated heterocycles. The highest BCUT2D eigenvalue weighted by molar-refractivity contribution is 9.10. The van der Waals surface area contributed by atoms with E-state index in [1.165, 1.54) is 6.42 Å². The summed E-state index contributed by atoms with van der Waals surface area (Å²) in [6.45, 7) is 1.56. The summed E-state index contributed by atoms with van der Waals surface area (Å²) in [7, 11) is -1.38. The van der Waals surface area contributed by atoms with Crippen molar-refractivity contribution >= 4 is 38.3 Å². The van der Waals surface area contributed by atoms with Gasteiger partial charge >= 0.3 is 0 Å². The number of carbonyl (C=O) groups excluding carboxylic acids is 1. The molecule has 2 rings (SSSR count). The van der Waals surface area contributed by atoms with Crippen LogP contribution in [0, 0.1) is 0 Å². The van der Waals surface area contributed by atoms with E-state index in [2.05, 4.69) is 15.9 Å². The smallest absolute Gasteiger partial charge is 0.235 e. The van der Waals surface area contributed by atoms with Gasteiger partial charge in [-0.2, -0.15) is 0 Å². The molecule has 0 radical (unpaired) electrons. The van der Waals surface area contributed by atoms with Gasteiger partial charge in [0, 0.05) is 23.2 Å². The zero-order valence-corrected chi connectivity index (χ0v) is 13.0. The molecule has 1 heterocycles. The Morgan fingerprint density at radius 1 is 1.32 bits per heavy atom. The van der Waals surface area contributed by atoms with E-state index in [1.807, 2.05) is 0 Å². The maximum atomic E-state index is 12.2. The van der Waals surface area contributed by atoms with E-state index >= 15 is 0 Å². The molecule has 104 valence electrons. The van der Waals surface area contributed by atoms with Crippen molar-refractivity contribution in [2.45, 2.75) is 24.2 Å². The Labute approximate surface area is 123 Å². The van der Waals surface area contributed by atoms with E-state index in [-0.39, 0.29) is 11.7 Å². The van der Waals surface area contributed by atoms with Crippen LogP contribution in [0.1, 0.15) is 19.3 Å². The summed E-state index contributed by atoms with van der Waals surface area (Å²) in [5, 5.41) is 0. The lowest BCUT2D eigenvalue weighted by molar-refractivity contribution is -0.129. The first-order chi connectivity index (χ1) is 9.08. The van der Waals surface area contributed by atoms with Crippen LogP contribution in [0.5, 0.6) is 0 Å². The number of rotatable bonds is 3. The van der Waals surface area contributed by atoms with E-state index in [1.54, 1.807) is 23.1 Å². The molecule has 4 nitrogen and oxygen atoms in total. The van der Waals surface area contributed by atoms with Gasteiger partial charge in [0.05, 0.1) is 15.7 Å². The molecule has 1 amide bonds. The number of carbonyl (C=O) groups is 1. The quantitative estimate of drug-likeness (QED) is 0.854. The van der Waals surface area contributed by atoms with E-state index < -0.39 is 10.8 Å². The number of anilines is 1. The Morgan fingerprint density at radius 3 is 2.68 bits per heavy atom. The molecule has 1 aliphatic rings. The average Bonchev–Trinajstić information content (AvgIpc) is 2.42. The minimum atomic E-state index is -1.38. The van der Waals surface area contributed by atoms with Gasteiger partial charge in [0.1, 0.15) is 5.75 Å². The van der Waals surface area contributed by atoms with E-state index in [9.17, 15) is 9.00 Å². The van der Waals surface area contributed by atoms with Crippen LogP contribution in [0.3, 0.4) is 0 Å². The predicted molar refractivity (Wildman–Crippen MR) is 80.3 cm³/mol. The topological polar surface area (TPSA) is 63.4 Å². The molecule has 1 fully saturated rings. The van der Waals surface area contributed by atoms with E-state index in [0.29, 0.717) is 10.6 Å². The lowest BCUT2D eigenvalue weighted by Crippen LogP contribution is -2.38. The lowest BCUT2D eigenvalue weighted by atomic mass is 10.1. The van der Waals surface area contributed by atoms with Gasteiger partial charge in [-0.15, -0.1) is 0 Å². The summed E-state index contributed by atoms with van der Waals surface area (Å²) in [6.07, 6.45) is 3.25. The standard InChI is InChI=1S/C13H17BrN2O2S/c14-10-4-5-11(15)12(8-10)19(18)9-13(17)16-6-2-1-3-7-16/h4-5,8H,1-3,6-7,9,15H2. The average molecular weight is 345 g/mol. The van der Waals surface area contributed by atoms with Crippen molar-refractivity contribution < 1.29 is 9.00 Å². The van der Waals surface area contributed by atoms with Crippen molar-refractivity contribution in [3.63, 3.8) is 0 Å². The molecule has 0 aliphatic carbocycles. The fraction of sp³-hybridized carbons (Fsp3) is 0.462.